The predicted molar refractivity (Wildman–Crippen MR) is 138 cm³/mol. The number of rotatable bonds is 10. The molecule has 0 atom stereocenters. The first-order valence-electron chi connectivity index (χ1n) is 11.7. The number of fused-ring (bicyclic) bond motifs is 3. The number of aliphatic imine (C=N–C) groups is 1. The van der Waals surface area contributed by atoms with Crippen LogP contribution in [0.25, 0.3) is 21.9 Å². The summed E-state index contributed by atoms with van der Waals surface area (Å²) >= 11 is 0. The molecule has 5 N–H and O–H groups in total. The van der Waals surface area contributed by atoms with Crippen LogP contribution in [0, 0.1) is 0 Å². The topological polar surface area (TPSA) is 124 Å². The maximum absolute atomic E-state index is 12.5. The quantitative estimate of drug-likeness (QED) is 0.191. The summed E-state index contributed by atoms with van der Waals surface area (Å²) in [6.07, 6.45) is 4.70. The molecule has 0 radical (unpaired) electrons. The van der Waals surface area contributed by atoms with Gasteiger partial charge in [-0.25, -0.2) is 9.97 Å². The normalized spacial score (nSPS) is 11.6. The van der Waals surface area contributed by atoms with Gasteiger partial charge in [-0.15, -0.1) is 0 Å². The van der Waals surface area contributed by atoms with Gasteiger partial charge >= 0.3 is 0 Å². The molecule has 0 aliphatic carbocycles. The highest BCUT2D eigenvalue weighted by Gasteiger charge is 2.16. The number of hydrogen-bond acceptors (Lipinski definition) is 5. The zero-order chi connectivity index (χ0) is 23.9. The number of aromatic nitrogens is 3. The van der Waals surface area contributed by atoms with Crippen molar-refractivity contribution in [3.63, 3.8) is 0 Å². The van der Waals surface area contributed by atoms with Crippen LogP contribution in [0.4, 0.5) is 5.82 Å². The van der Waals surface area contributed by atoms with Gasteiger partial charge in [-0.3, -0.25) is 9.79 Å². The molecule has 0 unspecified atom stereocenters. The SMILES string of the molecule is CCc1nc2c(N)nc3ccccc3c2n1CCCCNC(=O)c1ccc(CCN=CN)cc1. The first-order chi connectivity index (χ1) is 16.6. The molecule has 0 aliphatic rings. The van der Waals surface area contributed by atoms with Crippen LogP contribution in [0.5, 0.6) is 0 Å². The van der Waals surface area contributed by atoms with Crippen molar-refractivity contribution in [3.05, 3.63) is 65.5 Å². The third kappa shape index (κ3) is 5.01. The van der Waals surface area contributed by atoms with Crippen LogP contribution < -0.4 is 16.8 Å². The van der Waals surface area contributed by atoms with Gasteiger partial charge in [0.15, 0.2) is 5.82 Å². The molecule has 4 aromatic rings. The largest absolute Gasteiger partial charge is 0.390 e. The first-order valence-corrected chi connectivity index (χ1v) is 11.7. The molecule has 8 nitrogen and oxygen atoms in total. The Balaban J connectivity index is 1.36. The number of nitrogens with zero attached hydrogens (tertiary/aromatic N) is 4. The van der Waals surface area contributed by atoms with Gasteiger partial charge in [0.1, 0.15) is 11.3 Å². The van der Waals surface area contributed by atoms with Crippen molar-refractivity contribution in [1.82, 2.24) is 19.9 Å². The summed E-state index contributed by atoms with van der Waals surface area (Å²) < 4.78 is 2.25. The number of carbonyl (C=O) groups is 1. The maximum Gasteiger partial charge on any atom is 0.251 e. The van der Waals surface area contributed by atoms with E-state index in [9.17, 15) is 4.79 Å². The minimum atomic E-state index is -0.0568. The summed E-state index contributed by atoms with van der Waals surface area (Å²) in [7, 11) is 0. The highest BCUT2D eigenvalue weighted by molar-refractivity contribution is 6.06. The predicted octanol–water partition coefficient (Wildman–Crippen LogP) is 3.47. The molecule has 4 rings (SSSR count). The lowest BCUT2D eigenvalue weighted by Crippen LogP contribution is -2.24. The number of anilines is 1. The summed E-state index contributed by atoms with van der Waals surface area (Å²) in [5.74, 6) is 1.41. The number of hydrogen-bond donors (Lipinski definition) is 3. The Bertz CT molecular complexity index is 1310. The molecular weight excluding hydrogens is 426 g/mol. The molecule has 0 saturated carbocycles. The van der Waals surface area contributed by atoms with Gasteiger partial charge in [-0.05, 0) is 43.0 Å². The summed E-state index contributed by atoms with van der Waals surface area (Å²) in [5, 5.41) is 4.08. The summed E-state index contributed by atoms with van der Waals surface area (Å²) in [5.41, 5.74) is 16.0. The number of pyridine rings is 1. The number of amides is 1. The van der Waals surface area contributed by atoms with Gasteiger partial charge < -0.3 is 21.4 Å². The average molecular weight is 458 g/mol. The minimum Gasteiger partial charge on any atom is -0.390 e. The number of nitrogens with one attached hydrogen (secondary N) is 1. The second-order valence-electron chi connectivity index (χ2n) is 8.21. The first kappa shape index (κ1) is 23.2. The van der Waals surface area contributed by atoms with Crippen molar-refractivity contribution in [2.75, 3.05) is 18.8 Å². The lowest BCUT2D eigenvalue weighted by atomic mass is 10.1. The van der Waals surface area contributed by atoms with Crippen LogP contribution in [-0.4, -0.2) is 39.9 Å². The number of carbonyl (C=O) groups excluding carboxylic acids is 1. The molecule has 176 valence electrons. The van der Waals surface area contributed by atoms with Crippen molar-refractivity contribution in [2.24, 2.45) is 10.7 Å². The summed E-state index contributed by atoms with van der Waals surface area (Å²) in [6, 6.07) is 15.7. The van der Waals surface area contributed by atoms with Crippen LogP contribution in [-0.2, 0) is 19.4 Å². The molecule has 0 saturated heterocycles. The third-order valence-corrected chi connectivity index (χ3v) is 5.95. The van der Waals surface area contributed by atoms with E-state index in [1.54, 1.807) is 0 Å². The van der Waals surface area contributed by atoms with E-state index >= 15 is 0 Å². The Morgan fingerprint density at radius 2 is 1.91 bits per heavy atom. The van der Waals surface area contributed by atoms with E-state index < -0.39 is 0 Å². The Morgan fingerprint density at radius 1 is 1.12 bits per heavy atom. The molecule has 0 aliphatic heterocycles. The number of para-hydroxylation sites is 1. The highest BCUT2D eigenvalue weighted by Crippen LogP contribution is 2.29. The van der Waals surface area contributed by atoms with Crippen molar-refractivity contribution in [2.45, 2.75) is 39.2 Å². The van der Waals surface area contributed by atoms with Crippen molar-refractivity contribution in [1.29, 1.82) is 0 Å². The number of imidazole rings is 1. The lowest BCUT2D eigenvalue weighted by molar-refractivity contribution is 0.0953. The fourth-order valence-corrected chi connectivity index (χ4v) is 4.21. The van der Waals surface area contributed by atoms with E-state index in [-0.39, 0.29) is 5.91 Å². The summed E-state index contributed by atoms with van der Waals surface area (Å²) in [6.45, 7) is 4.17. The van der Waals surface area contributed by atoms with Gasteiger partial charge in [-0.2, -0.15) is 0 Å². The molecule has 8 heteroatoms. The van der Waals surface area contributed by atoms with E-state index in [0.29, 0.717) is 24.5 Å². The van der Waals surface area contributed by atoms with Gasteiger partial charge in [0, 0.05) is 37.0 Å². The molecule has 2 aromatic carbocycles. The van der Waals surface area contributed by atoms with Crippen LogP contribution >= 0.6 is 0 Å². The van der Waals surface area contributed by atoms with Crippen molar-refractivity contribution in [3.8, 4) is 0 Å². The van der Waals surface area contributed by atoms with Gasteiger partial charge in [-0.1, -0.05) is 37.3 Å². The van der Waals surface area contributed by atoms with E-state index in [0.717, 1.165) is 65.6 Å². The van der Waals surface area contributed by atoms with Crippen LogP contribution in [0.1, 0.15) is 41.5 Å². The van der Waals surface area contributed by atoms with Gasteiger partial charge in [0.2, 0.25) is 0 Å². The second-order valence-corrected chi connectivity index (χ2v) is 8.21. The lowest BCUT2D eigenvalue weighted by Gasteiger charge is -2.11. The number of benzene rings is 2. The molecule has 0 bridgehead atoms. The van der Waals surface area contributed by atoms with Gasteiger partial charge in [0.25, 0.3) is 5.91 Å². The fourth-order valence-electron chi connectivity index (χ4n) is 4.21. The number of nitrogen functional groups attached to an aromatic ring is 1. The standard InChI is InChI=1S/C26H31N7O/c1-2-22-32-23-24(20-7-3-4-8-21(20)31-25(23)28)33(22)16-6-5-14-30-26(34)19-11-9-18(10-12-19)13-15-29-17-27/h3-4,7-12,17H,2,5-6,13-16H2,1H3,(H2,27,29)(H2,28,31)(H,30,34). The Labute approximate surface area is 199 Å². The second kappa shape index (κ2) is 10.8. The summed E-state index contributed by atoms with van der Waals surface area (Å²) in [4.78, 5) is 25.8. The Hall–Kier alpha value is -3.94. The van der Waals surface area contributed by atoms with E-state index in [2.05, 4.69) is 32.9 Å². The molecule has 1 amide bonds. The monoisotopic (exact) mass is 457 g/mol. The van der Waals surface area contributed by atoms with Gasteiger partial charge in [0.05, 0.1) is 17.4 Å². The smallest absolute Gasteiger partial charge is 0.251 e. The van der Waals surface area contributed by atoms with E-state index in [1.807, 2.05) is 42.5 Å². The molecule has 0 spiro atoms. The average Bonchev–Trinajstić information content (AvgIpc) is 3.24. The van der Waals surface area contributed by atoms with E-state index in [1.165, 1.54) is 6.34 Å². The molecule has 2 heterocycles. The van der Waals surface area contributed by atoms with E-state index in [4.69, 9.17) is 16.5 Å². The number of unbranched alkanes of at least 4 members (excludes halogenated alkanes) is 1. The highest BCUT2D eigenvalue weighted by atomic mass is 16.1. The maximum atomic E-state index is 12.5. The number of nitrogens with two attached hydrogens (primary N) is 2. The van der Waals surface area contributed by atoms with Crippen molar-refractivity contribution >= 4 is 40.0 Å². The molecule has 2 aromatic heterocycles. The third-order valence-electron chi connectivity index (χ3n) is 5.95. The Kier molecular flexibility index (Phi) is 7.37. The molecule has 34 heavy (non-hydrogen) atoms. The Morgan fingerprint density at radius 3 is 2.68 bits per heavy atom. The zero-order valence-electron chi connectivity index (χ0n) is 19.5. The van der Waals surface area contributed by atoms with Crippen LogP contribution in [0.15, 0.2) is 53.5 Å². The minimum absolute atomic E-state index is 0.0568. The van der Waals surface area contributed by atoms with Crippen molar-refractivity contribution < 1.29 is 4.79 Å². The fraction of sp³-hybridized carbons (Fsp3) is 0.308. The molecular formula is C26H31N7O. The zero-order valence-corrected chi connectivity index (χ0v) is 19.5. The molecule has 0 fully saturated rings. The van der Waals surface area contributed by atoms with Crippen LogP contribution in [0.3, 0.4) is 0 Å². The number of aryl methyl sites for hydroxylation is 2. The van der Waals surface area contributed by atoms with Crippen LogP contribution in [0.2, 0.25) is 0 Å².